The summed E-state index contributed by atoms with van der Waals surface area (Å²) in [6.07, 6.45) is -0.259. The van der Waals surface area contributed by atoms with E-state index in [0.29, 0.717) is 26.2 Å². The quantitative estimate of drug-likeness (QED) is 0.586. The largest absolute Gasteiger partial charge is 0.497 e. The zero-order valence-corrected chi connectivity index (χ0v) is 19.5. The van der Waals surface area contributed by atoms with Crippen molar-refractivity contribution in [1.82, 2.24) is 14.9 Å². The minimum Gasteiger partial charge on any atom is -0.497 e. The van der Waals surface area contributed by atoms with E-state index < -0.39 is 5.60 Å². The topological polar surface area (TPSA) is 67.8 Å². The number of aromatic nitrogens is 2. The molecule has 4 rings (SSSR count). The first-order chi connectivity index (χ1) is 14.7. The van der Waals surface area contributed by atoms with Gasteiger partial charge in [-0.2, -0.15) is 0 Å². The van der Waals surface area contributed by atoms with Crippen molar-refractivity contribution in [2.75, 3.05) is 38.2 Å². The van der Waals surface area contributed by atoms with E-state index in [1.165, 1.54) is 0 Å². The number of nitrogens with zero attached hydrogens (tertiary/aromatic N) is 4. The highest BCUT2D eigenvalue weighted by Gasteiger charge is 2.28. The van der Waals surface area contributed by atoms with Crippen LogP contribution in [0.15, 0.2) is 29.6 Å². The minimum atomic E-state index is -0.492. The Morgan fingerprint density at radius 2 is 1.74 bits per heavy atom. The standard InChI is InChI=1S/C23H28N4O3S/c1-15-24-20(26-10-12-27(13-11-26)22(28)30-23(2,3)4)19-18(14-31-21(19)25-15)16-6-8-17(29-5)9-7-16/h6-9,14H,10-13H2,1-5H3. The lowest BCUT2D eigenvalue weighted by molar-refractivity contribution is 0.0240. The number of aryl methyl sites for hydroxylation is 1. The fourth-order valence-corrected chi connectivity index (χ4v) is 4.65. The van der Waals surface area contributed by atoms with Crippen molar-refractivity contribution in [2.45, 2.75) is 33.3 Å². The normalized spacial score (nSPS) is 14.7. The van der Waals surface area contributed by atoms with Gasteiger partial charge in [0.2, 0.25) is 0 Å². The maximum Gasteiger partial charge on any atom is 0.410 e. The third-order valence-electron chi connectivity index (χ3n) is 5.16. The van der Waals surface area contributed by atoms with E-state index in [0.717, 1.165) is 38.7 Å². The van der Waals surface area contributed by atoms with Crippen LogP contribution >= 0.6 is 11.3 Å². The van der Waals surface area contributed by atoms with Crippen LogP contribution in [0.5, 0.6) is 5.75 Å². The Kier molecular flexibility index (Phi) is 5.75. The van der Waals surface area contributed by atoms with Crippen molar-refractivity contribution >= 4 is 33.5 Å². The summed E-state index contributed by atoms with van der Waals surface area (Å²) < 4.78 is 10.8. The Balaban J connectivity index is 1.62. The summed E-state index contributed by atoms with van der Waals surface area (Å²) in [5.41, 5.74) is 1.73. The summed E-state index contributed by atoms with van der Waals surface area (Å²) in [5, 5.41) is 3.20. The number of thiophene rings is 1. The number of carbonyl (C=O) groups excluding carboxylic acids is 1. The van der Waals surface area contributed by atoms with Crippen LogP contribution < -0.4 is 9.64 Å². The number of hydrogen-bond donors (Lipinski definition) is 0. The molecule has 0 atom stereocenters. The molecule has 3 aromatic rings. The fraction of sp³-hybridized carbons (Fsp3) is 0.435. The van der Waals surface area contributed by atoms with E-state index in [1.54, 1.807) is 23.3 Å². The molecule has 3 heterocycles. The molecule has 1 saturated heterocycles. The van der Waals surface area contributed by atoms with Crippen LogP contribution in [0.2, 0.25) is 0 Å². The van der Waals surface area contributed by atoms with Gasteiger partial charge in [0.05, 0.1) is 12.5 Å². The monoisotopic (exact) mass is 440 g/mol. The first kappa shape index (κ1) is 21.4. The first-order valence-electron chi connectivity index (χ1n) is 10.4. The average Bonchev–Trinajstić information content (AvgIpc) is 3.16. The number of benzene rings is 1. The molecule has 0 saturated carbocycles. The van der Waals surface area contributed by atoms with Crippen molar-refractivity contribution in [1.29, 1.82) is 0 Å². The Hall–Kier alpha value is -2.87. The van der Waals surface area contributed by atoms with Gasteiger partial charge in [-0.25, -0.2) is 14.8 Å². The minimum absolute atomic E-state index is 0.259. The zero-order valence-electron chi connectivity index (χ0n) is 18.6. The van der Waals surface area contributed by atoms with Crippen LogP contribution in [0.25, 0.3) is 21.3 Å². The SMILES string of the molecule is COc1ccc(-c2csc3nc(C)nc(N4CCN(C(=O)OC(C)(C)C)CC4)c23)cc1. The van der Waals surface area contributed by atoms with Gasteiger partial charge in [0.1, 0.15) is 27.8 Å². The molecule has 1 amide bonds. The van der Waals surface area contributed by atoms with Gasteiger partial charge in [-0.05, 0) is 45.4 Å². The number of carbonyl (C=O) groups is 1. The number of piperazine rings is 1. The highest BCUT2D eigenvalue weighted by Crippen LogP contribution is 2.39. The van der Waals surface area contributed by atoms with Gasteiger partial charge in [-0.15, -0.1) is 11.3 Å². The first-order valence-corrected chi connectivity index (χ1v) is 11.3. The average molecular weight is 441 g/mol. The predicted molar refractivity (Wildman–Crippen MR) is 124 cm³/mol. The number of fused-ring (bicyclic) bond motifs is 1. The van der Waals surface area contributed by atoms with Crippen molar-refractivity contribution < 1.29 is 14.3 Å². The third kappa shape index (κ3) is 4.58. The van der Waals surface area contributed by atoms with Crippen LogP contribution in [-0.2, 0) is 4.74 Å². The molecule has 1 aromatic carbocycles. The van der Waals surface area contributed by atoms with Gasteiger partial charge < -0.3 is 19.3 Å². The Morgan fingerprint density at radius 1 is 1.06 bits per heavy atom. The van der Waals surface area contributed by atoms with Crippen LogP contribution in [-0.4, -0.2) is 59.9 Å². The molecule has 0 bridgehead atoms. The molecule has 2 aromatic heterocycles. The molecular weight excluding hydrogens is 412 g/mol. The van der Waals surface area contributed by atoms with Crippen molar-refractivity contribution in [3.63, 3.8) is 0 Å². The van der Waals surface area contributed by atoms with Gasteiger partial charge >= 0.3 is 6.09 Å². The smallest absolute Gasteiger partial charge is 0.410 e. The molecule has 1 aliphatic rings. The lowest BCUT2D eigenvalue weighted by Crippen LogP contribution is -2.50. The summed E-state index contributed by atoms with van der Waals surface area (Å²) >= 11 is 1.63. The van der Waals surface area contributed by atoms with Gasteiger partial charge in [0.25, 0.3) is 0 Å². The van der Waals surface area contributed by atoms with Gasteiger partial charge in [-0.1, -0.05) is 12.1 Å². The van der Waals surface area contributed by atoms with E-state index in [9.17, 15) is 4.79 Å². The highest BCUT2D eigenvalue weighted by atomic mass is 32.1. The maximum absolute atomic E-state index is 12.4. The van der Waals surface area contributed by atoms with Crippen LogP contribution in [0.1, 0.15) is 26.6 Å². The second-order valence-electron chi connectivity index (χ2n) is 8.61. The summed E-state index contributed by atoms with van der Waals surface area (Å²) in [4.78, 5) is 26.9. The van der Waals surface area contributed by atoms with Crippen molar-refractivity contribution in [2.24, 2.45) is 0 Å². The molecule has 7 nitrogen and oxygen atoms in total. The van der Waals surface area contributed by atoms with Crippen LogP contribution in [0, 0.1) is 6.92 Å². The molecule has 0 unspecified atom stereocenters. The number of rotatable bonds is 3. The number of methoxy groups -OCH3 is 1. The Labute approximate surface area is 186 Å². The van der Waals surface area contributed by atoms with E-state index in [2.05, 4.69) is 27.4 Å². The number of anilines is 1. The van der Waals surface area contributed by atoms with Crippen LogP contribution in [0.3, 0.4) is 0 Å². The molecule has 31 heavy (non-hydrogen) atoms. The third-order valence-corrected chi connectivity index (χ3v) is 6.03. The molecule has 1 aliphatic heterocycles. The van der Waals surface area contributed by atoms with E-state index in [4.69, 9.17) is 14.5 Å². The number of ether oxygens (including phenoxy) is 2. The summed E-state index contributed by atoms with van der Waals surface area (Å²) in [7, 11) is 1.67. The maximum atomic E-state index is 12.4. The highest BCUT2D eigenvalue weighted by molar-refractivity contribution is 7.17. The molecule has 0 spiro atoms. The molecular formula is C23H28N4O3S. The molecule has 1 fully saturated rings. The van der Waals surface area contributed by atoms with E-state index in [-0.39, 0.29) is 6.09 Å². The predicted octanol–water partition coefficient (Wildman–Crippen LogP) is 4.73. The van der Waals surface area contributed by atoms with E-state index >= 15 is 0 Å². The fourth-order valence-electron chi connectivity index (χ4n) is 3.67. The molecule has 0 radical (unpaired) electrons. The summed E-state index contributed by atoms with van der Waals surface area (Å²) in [5.74, 6) is 2.51. The van der Waals surface area contributed by atoms with Gasteiger partial charge in [-0.3, -0.25) is 0 Å². The molecule has 0 aliphatic carbocycles. The second kappa shape index (κ2) is 8.34. The molecule has 164 valence electrons. The van der Waals surface area contributed by atoms with Gasteiger partial charge in [0.15, 0.2) is 0 Å². The Bertz CT molecular complexity index is 1080. The van der Waals surface area contributed by atoms with Crippen molar-refractivity contribution in [3.8, 4) is 16.9 Å². The van der Waals surface area contributed by atoms with Crippen LogP contribution in [0.4, 0.5) is 10.6 Å². The summed E-state index contributed by atoms with van der Waals surface area (Å²) in [6.45, 7) is 10.2. The lowest BCUT2D eigenvalue weighted by Gasteiger charge is -2.36. The number of amides is 1. The second-order valence-corrected chi connectivity index (χ2v) is 9.46. The number of hydrogen-bond acceptors (Lipinski definition) is 7. The summed E-state index contributed by atoms with van der Waals surface area (Å²) in [6, 6.07) is 8.05. The van der Waals surface area contributed by atoms with Crippen molar-refractivity contribution in [3.05, 3.63) is 35.5 Å². The van der Waals surface area contributed by atoms with E-state index in [1.807, 2.05) is 39.8 Å². The lowest BCUT2D eigenvalue weighted by atomic mass is 10.1. The molecule has 8 heteroatoms. The van der Waals surface area contributed by atoms with Gasteiger partial charge in [0, 0.05) is 37.1 Å². The Morgan fingerprint density at radius 3 is 2.35 bits per heavy atom. The zero-order chi connectivity index (χ0) is 22.2. The molecule has 0 N–H and O–H groups in total.